The molecule has 0 saturated heterocycles. The van der Waals surface area contributed by atoms with Gasteiger partial charge in [-0.15, -0.1) is 0 Å². The Morgan fingerprint density at radius 3 is 1.21 bits per heavy atom. The fourth-order valence-electron chi connectivity index (χ4n) is 1.63. The van der Waals surface area contributed by atoms with Crippen molar-refractivity contribution in [2.24, 2.45) is 0 Å². The van der Waals surface area contributed by atoms with Crippen molar-refractivity contribution in [1.29, 1.82) is 0 Å². The summed E-state index contributed by atoms with van der Waals surface area (Å²) in [6, 6.07) is 3.64. The summed E-state index contributed by atoms with van der Waals surface area (Å²) in [5, 5.41) is 0.197. The fraction of sp³-hybridized carbons (Fsp3) is 0.667. The molecule has 1 rings (SSSR count). The maximum Gasteiger partial charge on any atom is 0.250 e. The number of nitrogen functional groups attached to an aromatic ring is 2. The third kappa shape index (κ3) is 4.48. The van der Waals surface area contributed by atoms with Crippen LogP contribution in [0.5, 0.6) is 11.5 Å². The zero-order chi connectivity index (χ0) is 19.1. The molecule has 4 N–H and O–H groups in total. The molecule has 24 heavy (non-hydrogen) atoms. The molecule has 0 bridgehead atoms. The minimum absolute atomic E-state index is 0.0985. The van der Waals surface area contributed by atoms with Crippen LogP contribution in [0, 0.1) is 0 Å². The molecule has 0 unspecified atom stereocenters. The maximum atomic E-state index is 6.39. The number of anilines is 2. The lowest BCUT2D eigenvalue weighted by atomic mass is 10.2. The van der Waals surface area contributed by atoms with Gasteiger partial charge in [-0.1, -0.05) is 41.5 Å². The van der Waals surface area contributed by atoms with Crippen molar-refractivity contribution >= 4 is 28.0 Å². The van der Waals surface area contributed by atoms with Crippen molar-refractivity contribution in [3.63, 3.8) is 0 Å². The Bertz CT molecular complexity index is 551. The number of rotatable bonds is 4. The second kappa shape index (κ2) is 6.30. The Morgan fingerprint density at radius 2 is 0.958 bits per heavy atom. The summed E-state index contributed by atoms with van der Waals surface area (Å²) in [4.78, 5) is 0. The van der Waals surface area contributed by atoms with Gasteiger partial charge in [0.15, 0.2) is 0 Å². The van der Waals surface area contributed by atoms with Gasteiger partial charge in [0, 0.05) is 6.07 Å². The van der Waals surface area contributed by atoms with Crippen molar-refractivity contribution in [2.45, 2.75) is 77.8 Å². The molecule has 0 radical (unpaired) electrons. The van der Waals surface area contributed by atoms with Gasteiger partial charge >= 0.3 is 0 Å². The maximum absolute atomic E-state index is 6.39. The van der Waals surface area contributed by atoms with Crippen molar-refractivity contribution < 1.29 is 8.85 Å². The fourth-order valence-corrected chi connectivity index (χ4v) is 3.69. The largest absolute Gasteiger partial charge is 0.542 e. The lowest BCUT2D eigenvalue weighted by Gasteiger charge is -2.38. The molecule has 0 saturated carbocycles. The van der Waals surface area contributed by atoms with Crippen LogP contribution in [-0.4, -0.2) is 16.6 Å². The van der Waals surface area contributed by atoms with E-state index in [-0.39, 0.29) is 10.1 Å². The average Bonchev–Trinajstić information content (AvgIpc) is 2.31. The minimum Gasteiger partial charge on any atom is -0.542 e. The number of benzene rings is 1. The quantitative estimate of drug-likeness (QED) is 0.534. The van der Waals surface area contributed by atoms with E-state index in [1.54, 1.807) is 6.07 Å². The molecular formula is C18H36N2O2Si2. The molecule has 0 aliphatic heterocycles. The third-order valence-electron chi connectivity index (χ3n) is 5.48. The van der Waals surface area contributed by atoms with E-state index in [1.807, 2.05) is 6.07 Å². The summed E-state index contributed by atoms with van der Waals surface area (Å²) < 4.78 is 12.8. The first-order valence-corrected chi connectivity index (χ1v) is 14.4. The molecule has 1 aromatic carbocycles. The molecule has 0 aliphatic rings. The molecule has 0 atom stereocenters. The molecule has 138 valence electrons. The van der Waals surface area contributed by atoms with Crippen molar-refractivity contribution in [1.82, 2.24) is 0 Å². The summed E-state index contributed by atoms with van der Waals surface area (Å²) in [6.07, 6.45) is 0. The summed E-state index contributed by atoms with van der Waals surface area (Å²) in [6.45, 7) is 22.1. The highest BCUT2D eigenvalue weighted by atomic mass is 28.4. The van der Waals surface area contributed by atoms with Crippen LogP contribution in [0.3, 0.4) is 0 Å². The van der Waals surface area contributed by atoms with E-state index in [4.69, 9.17) is 20.3 Å². The predicted octanol–water partition coefficient (Wildman–Crippen LogP) is 5.62. The van der Waals surface area contributed by atoms with Gasteiger partial charge in [0.25, 0.3) is 16.6 Å². The molecule has 0 fully saturated rings. The van der Waals surface area contributed by atoms with Gasteiger partial charge in [0.1, 0.15) is 11.5 Å². The molecule has 0 aliphatic carbocycles. The van der Waals surface area contributed by atoms with Gasteiger partial charge < -0.3 is 20.3 Å². The lowest BCUT2D eigenvalue weighted by molar-refractivity contribution is 0.477. The van der Waals surface area contributed by atoms with Crippen molar-refractivity contribution in [3.8, 4) is 11.5 Å². The van der Waals surface area contributed by atoms with Gasteiger partial charge in [-0.25, -0.2) is 0 Å². The molecule has 6 heteroatoms. The molecule has 0 spiro atoms. The summed E-state index contributed by atoms with van der Waals surface area (Å²) >= 11 is 0. The van der Waals surface area contributed by atoms with Gasteiger partial charge in [-0.05, 0) is 42.3 Å². The molecule has 0 heterocycles. The zero-order valence-corrected chi connectivity index (χ0v) is 19.1. The van der Waals surface area contributed by atoms with E-state index in [0.717, 1.165) is 0 Å². The van der Waals surface area contributed by atoms with Crippen LogP contribution >= 0.6 is 0 Å². The topological polar surface area (TPSA) is 70.5 Å². The highest BCUT2D eigenvalue weighted by Gasteiger charge is 2.41. The van der Waals surface area contributed by atoms with Crippen LogP contribution in [-0.2, 0) is 0 Å². The summed E-state index contributed by atoms with van der Waals surface area (Å²) in [5.41, 5.74) is 13.5. The van der Waals surface area contributed by atoms with E-state index in [0.29, 0.717) is 22.9 Å². The van der Waals surface area contributed by atoms with Crippen LogP contribution in [0.2, 0.25) is 36.3 Å². The number of hydrogen-bond acceptors (Lipinski definition) is 4. The van der Waals surface area contributed by atoms with Crippen LogP contribution in [0.25, 0.3) is 0 Å². The standard InChI is InChI=1S/C18H36N2O2Si2/c1-17(2,3)23(7,8)21-15-12-16(14(20)11-13(15)19)22-24(9,10)18(4,5)6/h11-12H,19-20H2,1-10H3. The second-order valence-electron chi connectivity index (χ2n) is 9.65. The average molecular weight is 369 g/mol. The summed E-state index contributed by atoms with van der Waals surface area (Å²) in [5.74, 6) is 1.37. The molecule has 4 nitrogen and oxygen atoms in total. The minimum atomic E-state index is -1.98. The first-order chi connectivity index (χ1) is 10.5. The van der Waals surface area contributed by atoms with Crippen molar-refractivity contribution in [2.75, 3.05) is 11.5 Å². The van der Waals surface area contributed by atoms with Gasteiger partial charge in [0.05, 0.1) is 11.4 Å². The van der Waals surface area contributed by atoms with Crippen molar-refractivity contribution in [3.05, 3.63) is 12.1 Å². The molecular weight excluding hydrogens is 332 g/mol. The van der Waals surface area contributed by atoms with E-state index in [9.17, 15) is 0 Å². The van der Waals surface area contributed by atoms with Gasteiger partial charge in [-0.2, -0.15) is 0 Å². The predicted molar refractivity (Wildman–Crippen MR) is 111 cm³/mol. The summed E-state index contributed by atoms with van der Waals surface area (Å²) in [7, 11) is -3.96. The molecule has 0 aromatic heterocycles. The Morgan fingerprint density at radius 1 is 0.667 bits per heavy atom. The van der Waals surface area contributed by atoms with Crippen LogP contribution in [0.4, 0.5) is 11.4 Å². The Labute approximate surface area is 150 Å². The van der Waals surface area contributed by atoms with E-state index in [1.165, 1.54) is 0 Å². The SMILES string of the molecule is CC(C)(C)[Si](C)(C)Oc1cc(O[Si](C)(C)C(C)(C)C)c(N)cc1N. The normalized spacial score (nSPS) is 13.8. The molecule has 0 amide bonds. The number of nitrogens with two attached hydrogens (primary N) is 2. The molecule has 1 aromatic rings. The smallest absolute Gasteiger partial charge is 0.250 e. The first kappa shape index (κ1) is 20.9. The van der Waals surface area contributed by atoms with Crippen LogP contribution < -0.4 is 20.3 Å². The highest BCUT2D eigenvalue weighted by Crippen LogP contribution is 2.43. The third-order valence-corrected chi connectivity index (χ3v) is 14.2. The van der Waals surface area contributed by atoms with Gasteiger partial charge in [0.2, 0.25) is 0 Å². The second-order valence-corrected chi connectivity index (χ2v) is 19.1. The van der Waals surface area contributed by atoms with E-state index in [2.05, 4.69) is 67.7 Å². The zero-order valence-electron chi connectivity index (χ0n) is 17.1. The Kier molecular flexibility index (Phi) is 5.48. The van der Waals surface area contributed by atoms with E-state index >= 15 is 0 Å². The van der Waals surface area contributed by atoms with Crippen LogP contribution in [0.15, 0.2) is 12.1 Å². The van der Waals surface area contributed by atoms with E-state index < -0.39 is 16.6 Å². The van der Waals surface area contributed by atoms with Gasteiger partial charge in [-0.3, -0.25) is 0 Å². The number of hydrogen-bond donors (Lipinski definition) is 2. The van der Waals surface area contributed by atoms with Crippen LogP contribution in [0.1, 0.15) is 41.5 Å². The lowest BCUT2D eigenvalue weighted by Crippen LogP contribution is -2.44. The highest BCUT2D eigenvalue weighted by molar-refractivity contribution is 6.75. The Balaban J connectivity index is 3.24. The first-order valence-electron chi connectivity index (χ1n) is 8.55. The monoisotopic (exact) mass is 368 g/mol. The Hall–Kier alpha value is -1.15.